The second-order valence-corrected chi connectivity index (χ2v) is 9.73. The molecule has 1 amide bonds. The summed E-state index contributed by atoms with van der Waals surface area (Å²) in [7, 11) is 0. The van der Waals surface area contributed by atoms with Crippen LogP contribution < -0.4 is 5.32 Å². The van der Waals surface area contributed by atoms with Crippen molar-refractivity contribution in [3.05, 3.63) is 106 Å². The molecule has 0 bridgehead atoms. The van der Waals surface area contributed by atoms with E-state index in [0.717, 1.165) is 36.0 Å². The maximum Gasteiger partial charge on any atom is 0.254 e. The van der Waals surface area contributed by atoms with Gasteiger partial charge in [-0.05, 0) is 55.2 Å². The first kappa shape index (κ1) is 23.0. The quantitative estimate of drug-likeness (QED) is 0.323. The summed E-state index contributed by atoms with van der Waals surface area (Å²) in [6.07, 6.45) is 2.52. The second kappa shape index (κ2) is 10.2. The number of piperidine rings is 1. The zero-order chi connectivity index (χ0) is 23.5. The van der Waals surface area contributed by atoms with Crippen LogP contribution in [0.4, 0.5) is 0 Å². The summed E-state index contributed by atoms with van der Waals surface area (Å²) in [4.78, 5) is 15.4. The lowest BCUT2D eigenvalue weighted by molar-refractivity contribution is 0.0575. The number of likely N-dealkylation sites (tertiary alicyclic amines) is 1. The SMILES string of the molecule is O=C(c1cc(Cl)cc(Cl)c1)N1CC[C@H](NCc2cc3ccccc3o2)C[C@H]1Cc1ccccc1. The predicted octanol–water partition coefficient (Wildman–Crippen LogP) is 6.75. The molecule has 0 saturated carbocycles. The van der Waals surface area contributed by atoms with Gasteiger partial charge in [-0.25, -0.2) is 0 Å². The number of nitrogens with one attached hydrogen (secondary N) is 1. The highest BCUT2D eigenvalue weighted by molar-refractivity contribution is 6.35. The molecule has 3 aromatic carbocycles. The van der Waals surface area contributed by atoms with E-state index in [1.165, 1.54) is 5.56 Å². The molecule has 2 heterocycles. The lowest BCUT2D eigenvalue weighted by Gasteiger charge is -2.40. The van der Waals surface area contributed by atoms with Gasteiger partial charge in [-0.1, -0.05) is 71.7 Å². The van der Waals surface area contributed by atoms with Crippen LogP contribution in [0.1, 0.15) is 34.5 Å². The number of fused-ring (bicyclic) bond motifs is 1. The molecule has 0 unspecified atom stereocenters. The van der Waals surface area contributed by atoms with Gasteiger partial charge in [0.15, 0.2) is 0 Å². The Morgan fingerprint density at radius 1 is 0.971 bits per heavy atom. The molecule has 0 radical (unpaired) electrons. The first-order chi connectivity index (χ1) is 16.5. The van der Waals surface area contributed by atoms with Gasteiger partial charge in [-0.2, -0.15) is 0 Å². The topological polar surface area (TPSA) is 45.5 Å². The fraction of sp³-hybridized carbons (Fsp3) is 0.250. The number of nitrogens with zero attached hydrogens (tertiary/aromatic N) is 1. The van der Waals surface area contributed by atoms with Crippen LogP contribution in [0.25, 0.3) is 11.0 Å². The summed E-state index contributed by atoms with van der Waals surface area (Å²) in [6.45, 7) is 1.33. The minimum absolute atomic E-state index is 0.0268. The van der Waals surface area contributed by atoms with E-state index in [1.807, 2.05) is 41.3 Å². The molecule has 174 valence electrons. The summed E-state index contributed by atoms with van der Waals surface area (Å²) in [5, 5.41) is 5.71. The van der Waals surface area contributed by atoms with Crippen LogP contribution in [0.5, 0.6) is 0 Å². The van der Waals surface area contributed by atoms with Crippen molar-refractivity contribution >= 4 is 40.1 Å². The molecule has 0 aliphatic carbocycles. The van der Waals surface area contributed by atoms with E-state index < -0.39 is 0 Å². The molecular weight excluding hydrogens is 467 g/mol. The van der Waals surface area contributed by atoms with Gasteiger partial charge in [0.2, 0.25) is 0 Å². The van der Waals surface area contributed by atoms with Gasteiger partial charge >= 0.3 is 0 Å². The van der Waals surface area contributed by atoms with Gasteiger partial charge in [0, 0.05) is 39.6 Å². The molecule has 1 N–H and O–H groups in total. The second-order valence-electron chi connectivity index (χ2n) is 8.85. The van der Waals surface area contributed by atoms with Gasteiger partial charge < -0.3 is 14.6 Å². The van der Waals surface area contributed by atoms with Crippen LogP contribution in [0.2, 0.25) is 10.0 Å². The smallest absolute Gasteiger partial charge is 0.254 e. The van der Waals surface area contributed by atoms with Gasteiger partial charge in [0.25, 0.3) is 5.91 Å². The number of amides is 1. The maximum atomic E-state index is 13.5. The number of furan rings is 1. The van der Waals surface area contributed by atoms with Gasteiger partial charge in [-0.15, -0.1) is 0 Å². The van der Waals surface area contributed by atoms with Crippen LogP contribution in [-0.2, 0) is 13.0 Å². The van der Waals surface area contributed by atoms with Gasteiger partial charge in [0.1, 0.15) is 11.3 Å². The Morgan fingerprint density at radius 2 is 1.71 bits per heavy atom. The fourth-order valence-corrected chi connectivity index (χ4v) is 5.32. The first-order valence-corrected chi connectivity index (χ1v) is 12.3. The lowest BCUT2D eigenvalue weighted by Crippen LogP contribution is -2.51. The molecule has 6 heteroatoms. The molecule has 1 saturated heterocycles. The monoisotopic (exact) mass is 492 g/mol. The average Bonchev–Trinajstić information content (AvgIpc) is 3.26. The van der Waals surface area contributed by atoms with E-state index in [9.17, 15) is 4.79 Å². The number of hydrogen-bond acceptors (Lipinski definition) is 3. The summed E-state index contributed by atoms with van der Waals surface area (Å²) >= 11 is 12.4. The Morgan fingerprint density at radius 3 is 2.47 bits per heavy atom. The highest BCUT2D eigenvalue weighted by atomic mass is 35.5. The zero-order valence-corrected chi connectivity index (χ0v) is 20.2. The van der Waals surface area contributed by atoms with Crippen molar-refractivity contribution in [1.29, 1.82) is 0 Å². The number of halogens is 2. The van der Waals surface area contributed by atoms with E-state index in [4.69, 9.17) is 27.6 Å². The third kappa shape index (κ3) is 5.30. The molecule has 4 nitrogen and oxygen atoms in total. The van der Waals surface area contributed by atoms with Gasteiger partial charge in [-0.3, -0.25) is 4.79 Å². The Kier molecular flexibility index (Phi) is 6.91. The third-order valence-corrected chi connectivity index (χ3v) is 6.88. The Hall–Kier alpha value is -2.79. The van der Waals surface area contributed by atoms with E-state index >= 15 is 0 Å². The van der Waals surface area contributed by atoms with E-state index in [0.29, 0.717) is 28.7 Å². The lowest BCUT2D eigenvalue weighted by atomic mass is 9.91. The molecule has 1 aromatic heterocycles. The van der Waals surface area contributed by atoms with Crippen LogP contribution >= 0.6 is 23.2 Å². The molecule has 1 aliphatic heterocycles. The summed E-state index contributed by atoms with van der Waals surface area (Å²) in [6, 6.07) is 25.8. The molecule has 1 aliphatic rings. The molecule has 2 atom stereocenters. The van der Waals surface area contributed by atoms with E-state index in [2.05, 4.69) is 29.6 Å². The highest BCUT2D eigenvalue weighted by Gasteiger charge is 2.32. The van der Waals surface area contributed by atoms with Crippen molar-refractivity contribution in [1.82, 2.24) is 10.2 Å². The normalized spacial score (nSPS) is 18.4. The number of benzene rings is 3. The Labute approximate surface area is 209 Å². The number of carbonyl (C=O) groups excluding carboxylic acids is 1. The van der Waals surface area contributed by atoms with Crippen LogP contribution in [0, 0.1) is 0 Å². The Bertz CT molecular complexity index is 1230. The molecule has 34 heavy (non-hydrogen) atoms. The molecule has 1 fully saturated rings. The minimum atomic E-state index is -0.0268. The van der Waals surface area contributed by atoms with Crippen molar-refractivity contribution in [3.8, 4) is 0 Å². The van der Waals surface area contributed by atoms with Crippen LogP contribution in [0.15, 0.2) is 83.3 Å². The Balaban J connectivity index is 1.32. The third-order valence-electron chi connectivity index (χ3n) is 6.44. The van der Waals surface area contributed by atoms with Crippen molar-refractivity contribution in [2.75, 3.05) is 6.54 Å². The summed E-state index contributed by atoms with van der Waals surface area (Å²) < 4.78 is 5.97. The van der Waals surface area contributed by atoms with Crippen LogP contribution in [0.3, 0.4) is 0 Å². The molecular formula is C28H26Cl2N2O2. The molecule has 4 aromatic rings. The summed E-state index contributed by atoms with van der Waals surface area (Å²) in [5.41, 5.74) is 2.65. The average molecular weight is 493 g/mol. The standard InChI is InChI=1S/C28H26Cl2N2O2/c29-22-13-21(14-23(30)16-22)28(33)32-11-10-24(17-25(32)12-19-6-2-1-3-7-19)31-18-26-15-20-8-4-5-9-27(20)34-26/h1-9,13-16,24-25,31H,10-12,17-18H2/t24-,25+/m0/s1. The number of para-hydroxylation sites is 1. The fourth-order valence-electron chi connectivity index (χ4n) is 4.80. The maximum absolute atomic E-state index is 13.5. The van der Waals surface area contributed by atoms with E-state index in [-0.39, 0.29) is 18.0 Å². The minimum Gasteiger partial charge on any atom is -0.460 e. The zero-order valence-electron chi connectivity index (χ0n) is 18.7. The number of rotatable bonds is 6. The van der Waals surface area contributed by atoms with E-state index in [1.54, 1.807) is 18.2 Å². The molecule has 0 spiro atoms. The van der Waals surface area contributed by atoms with Gasteiger partial charge in [0.05, 0.1) is 6.54 Å². The molecule has 5 rings (SSSR count). The highest BCUT2D eigenvalue weighted by Crippen LogP contribution is 2.27. The van der Waals surface area contributed by atoms with Crippen LogP contribution in [-0.4, -0.2) is 29.4 Å². The first-order valence-electron chi connectivity index (χ1n) is 11.6. The largest absolute Gasteiger partial charge is 0.460 e. The van der Waals surface area contributed by atoms with Crippen molar-refractivity contribution in [2.24, 2.45) is 0 Å². The van der Waals surface area contributed by atoms with Crippen molar-refractivity contribution in [3.63, 3.8) is 0 Å². The number of carbonyl (C=O) groups is 1. The number of hydrogen-bond donors (Lipinski definition) is 1. The van der Waals surface area contributed by atoms with Crippen molar-refractivity contribution in [2.45, 2.75) is 37.9 Å². The predicted molar refractivity (Wildman–Crippen MR) is 138 cm³/mol. The van der Waals surface area contributed by atoms with Crippen molar-refractivity contribution < 1.29 is 9.21 Å². The summed E-state index contributed by atoms with van der Waals surface area (Å²) in [5.74, 6) is 0.897.